The lowest BCUT2D eigenvalue weighted by atomic mass is 10.1. The third-order valence-electron chi connectivity index (χ3n) is 5.69. The molecule has 8 nitrogen and oxygen atoms in total. The third-order valence-corrected chi connectivity index (χ3v) is 5.69. The Kier molecular flexibility index (Phi) is 4.97. The molecule has 6 rings (SSSR count). The number of hydrogen-bond donors (Lipinski definition) is 0. The molecule has 0 amide bonds. The molecule has 0 N–H and O–H groups in total. The van der Waals surface area contributed by atoms with Gasteiger partial charge in [0.25, 0.3) is 5.95 Å². The van der Waals surface area contributed by atoms with E-state index in [9.17, 15) is 0 Å². The van der Waals surface area contributed by atoms with Gasteiger partial charge in [-0.1, -0.05) is 30.3 Å². The maximum absolute atomic E-state index is 5.55. The van der Waals surface area contributed by atoms with E-state index in [1.54, 1.807) is 17.1 Å². The Morgan fingerprint density at radius 2 is 1.64 bits per heavy atom. The lowest BCUT2D eigenvalue weighted by Gasteiger charge is -2.28. The number of ether oxygens (including phenoxy) is 1. The van der Waals surface area contributed by atoms with Gasteiger partial charge in [0, 0.05) is 49.0 Å². The predicted octanol–water partition coefficient (Wildman–Crippen LogP) is 3.78. The molecule has 33 heavy (non-hydrogen) atoms. The zero-order valence-corrected chi connectivity index (χ0v) is 17.9. The highest BCUT2D eigenvalue weighted by Gasteiger charge is 2.20. The summed E-state index contributed by atoms with van der Waals surface area (Å²) in [6.45, 7) is 2.84. The third kappa shape index (κ3) is 3.81. The SMILES string of the molecule is c1ccc(-c2ccn(-c3nc(N4CCOCC4)c4ncc(-c5ccncc5)cc4n3)n2)cc1. The first-order valence-electron chi connectivity index (χ1n) is 10.9. The van der Waals surface area contributed by atoms with Gasteiger partial charge >= 0.3 is 0 Å². The highest BCUT2D eigenvalue weighted by Crippen LogP contribution is 2.28. The van der Waals surface area contributed by atoms with E-state index >= 15 is 0 Å². The first-order chi connectivity index (χ1) is 16.3. The van der Waals surface area contributed by atoms with Crippen LogP contribution in [-0.4, -0.2) is 56.0 Å². The van der Waals surface area contributed by atoms with Crippen molar-refractivity contribution in [2.24, 2.45) is 0 Å². The van der Waals surface area contributed by atoms with Gasteiger partial charge in [-0.05, 0) is 29.8 Å². The second-order valence-corrected chi connectivity index (χ2v) is 7.79. The number of nitrogens with zero attached hydrogens (tertiary/aromatic N) is 7. The van der Waals surface area contributed by atoms with Crippen molar-refractivity contribution < 1.29 is 4.74 Å². The first kappa shape index (κ1) is 19.5. The fourth-order valence-corrected chi connectivity index (χ4v) is 3.99. The van der Waals surface area contributed by atoms with E-state index in [4.69, 9.17) is 24.8 Å². The van der Waals surface area contributed by atoms with E-state index in [1.165, 1.54) is 0 Å². The molecule has 8 heteroatoms. The van der Waals surface area contributed by atoms with Gasteiger partial charge in [0.05, 0.1) is 24.4 Å². The molecule has 0 unspecified atom stereocenters. The van der Waals surface area contributed by atoms with Gasteiger partial charge in [-0.25, -0.2) is 9.67 Å². The van der Waals surface area contributed by atoms with Crippen LogP contribution in [0, 0.1) is 0 Å². The van der Waals surface area contributed by atoms with Crippen molar-refractivity contribution in [3.8, 4) is 28.3 Å². The van der Waals surface area contributed by atoms with Crippen LogP contribution in [0.15, 0.2) is 79.4 Å². The molecular weight excluding hydrogens is 414 g/mol. The van der Waals surface area contributed by atoms with Gasteiger partial charge in [0.1, 0.15) is 5.52 Å². The summed E-state index contributed by atoms with van der Waals surface area (Å²) in [4.78, 5) is 20.8. The summed E-state index contributed by atoms with van der Waals surface area (Å²) < 4.78 is 7.28. The molecule has 1 aromatic carbocycles. The lowest BCUT2D eigenvalue weighted by Crippen LogP contribution is -2.37. The van der Waals surface area contributed by atoms with E-state index in [1.807, 2.05) is 60.9 Å². The number of anilines is 1. The summed E-state index contributed by atoms with van der Waals surface area (Å²) in [6, 6.07) is 18.0. The van der Waals surface area contributed by atoms with Crippen LogP contribution in [0.25, 0.3) is 39.4 Å². The van der Waals surface area contributed by atoms with Crippen LogP contribution in [0.1, 0.15) is 0 Å². The van der Waals surface area contributed by atoms with E-state index < -0.39 is 0 Å². The van der Waals surface area contributed by atoms with Crippen LogP contribution < -0.4 is 4.90 Å². The lowest BCUT2D eigenvalue weighted by molar-refractivity contribution is 0.122. The van der Waals surface area contributed by atoms with Gasteiger partial charge in [0.2, 0.25) is 0 Å². The van der Waals surface area contributed by atoms with Gasteiger partial charge in [0.15, 0.2) is 5.82 Å². The molecule has 1 aliphatic rings. The second kappa shape index (κ2) is 8.40. The number of benzene rings is 1. The molecule has 0 saturated carbocycles. The smallest absolute Gasteiger partial charge is 0.253 e. The van der Waals surface area contributed by atoms with Crippen molar-refractivity contribution in [1.82, 2.24) is 29.7 Å². The van der Waals surface area contributed by atoms with Gasteiger partial charge < -0.3 is 9.64 Å². The van der Waals surface area contributed by atoms with Crippen molar-refractivity contribution >= 4 is 16.9 Å². The quantitative estimate of drug-likeness (QED) is 0.425. The van der Waals surface area contributed by atoms with Crippen LogP contribution in [0.4, 0.5) is 5.82 Å². The zero-order valence-electron chi connectivity index (χ0n) is 17.9. The monoisotopic (exact) mass is 435 g/mol. The van der Waals surface area contributed by atoms with Crippen LogP contribution in [0.2, 0.25) is 0 Å². The largest absolute Gasteiger partial charge is 0.378 e. The molecule has 5 aromatic rings. The van der Waals surface area contributed by atoms with E-state index in [2.05, 4.69) is 16.0 Å². The minimum Gasteiger partial charge on any atom is -0.378 e. The molecule has 1 saturated heterocycles. The molecule has 5 heterocycles. The Labute approximate surface area is 190 Å². The van der Waals surface area contributed by atoms with Gasteiger partial charge in [-0.3, -0.25) is 9.97 Å². The number of aromatic nitrogens is 6. The number of fused-ring (bicyclic) bond motifs is 1. The minimum absolute atomic E-state index is 0.514. The zero-order chi connectivity index (χ0) is 22.0. The summed E-state index contributed by atoms with van der Waals surface area (Å²) >= 11 is 0. The summed E-state index contributed by atoms with van der Waals surface area (Å²) in [5.74, 6) is 1.32. The molecular formula is C25H21N7O. The fraction of sp³-hybridized carbons (Fsp3) is 0.160. The van der Waals surface area contributed by atoms with Gasteiger partial charge in [-0.15, -0.1) is 0 Å². The normalized spacial score (nSPS) is 14.0. The number of hydrogen-bond acceptors (Lipinski definition) is 7. The van der Waals surface area contributed by atoms with Crippen LogP contribution in [0.5, 0.6) is 0 Å². The maximum atomic E-state index is 5.55. The van der Waals surface area contributed by atoms with Crippen LogP contribution in [0.3, 0.4) is 0 Å². The highest BCUT2D eigenvalue weighted by atomic mass is 16.5. The van der Waals surface area contributed by atoms with E-state index in [-0.39, 0.29) is 0 Å². The van der Waals surface area contributed by atoms with Crippen molar-refractivity contribution in [2.75, 3.05) is 31.2 Å². The van der Waals surface area contributed by atoms with Crippen molar-refractivity contribution in [3.05, 3.63) is 79.4 Å². The molecule has 1 aliphatic heterocycles. The Morgan fingerprint density at radius 1 is 0.818 bits per heavy atom. The number of pyridine rings is 2. The van der Waals surface area contributed by atoms with Gasteiger partial charge in [-0.2, -0.15) is 10.1 Å². The minimum atomic E-state index is 0.514. The Balaban J connectivity index is 1.49. The molecule has 0 aliphatic carbocycles. The Morgan fingerprint density at radius 3 is 2.45 bits per heavy atom. The summed E-state index contributed by atoms with van der Waals surface area (Å²) in [5.41, 5.74) is 5.48. The molecule has 4 aromatic heterocycles. The van der Waals surface area contributed by atoms with Crippen molar-refractivity contribution in [2.45, 2.75) is 0 Å². The Bertz CT molecular complexity index is 1400. The van der Waals surface area contributed by atoms with Crippen molar-refractivity contribution in [3.63, 3.8) is 0 Å². The first-order valence-corrected chi connectivity index (χ1v) is 10.9. The topological polar surface area (TPSA) is 81.9 Å². The molecule has 1 fully saturated rings. The maximum Gasteiger partial charge on any atom is 0.253 e. The van der Waals surface area contributed by atoms with Crippen molar-refractivity contribution in [1.29, 1.82) is 0 Å². The number of morpholine rings is 1. The Hall–Kier alpha value is -4.17. The summed E-state index contributed by atoms with van der Waals surface area (Å²) in [5, 5.41) is 4.74. The predicted molar refractivity (Wildman–Crippen MR) is 126 cm³/mol. The average molecular weight is 435 g/mol. The second-order valence-electron chi connectivity index (χ2n) is 7.79. The van der Waals surface area contributed by atoms with E-state index in [0.29, 0.717) is 19.2 Å². The molecule has 0 spiro atoms. The average Bonchev–Trinajstić information content (AvgIpc) is 3.40. The number of rotatable bonds is 4. The van der Waals surface area contributed by atoms with E-state index in [0.717, 1.165) is 52.3 Å². The molecule has 162 valence electrons. The molecule has 0 bridgehead atoms. The fourth-order valence-electron chi connectivity index (χ4n) is 3.99. The summed E-state index contributed by atoms with van der Waals surface area (Å²) in [6.07, 6.45) is 7.32. The summed E-state index contributed by atoms with van der Waals surface area (Å²) in [7, 11) is 0. The molecule has 0 atom stereocenters. The highest BCUT2D eigenvalue weighted by molar-refractivity contribution is 5.89. The van der Waals surface area contributed by atoms with Crippen LogP contribution in [-0.2, 0) is 4.74 Å². The molecule has 0 radical (unpaired) electrons. The standard InChI is InChI=1S/C25H21N7O/c1-2-4-19(5-3-1)21-8-11-32(30-21)25-28-22-16-20(18-6-9-26-10-7-18)17-27-23(22)24(29-25)31-12-14-33-15-13-31/h1-11,16-17H,12-15H2. The van der Waals surface area contributed by atoms with Crippen LogP contribution >= 0.6 is 0 Å².